The van der Waals surface area contributed by atoms with Crippen molar-refractivity contribution in [2.45, 2.75) is 60.4 Å². The van der Waals surface area contributed by atoms with Gasteiger partial charge < -0.3 is 15.1 Å². The Labute approximate surface area is 239 Å². The Morgan fingerprint density at radius 1 is 1.03 bits per heavy atom. The van der Waals surface area contributed by atoms with E-state index < -0.39 is 0 Å². The second-order valence-corrected chi connectivity index (χ2v) is 12.3. The van der Waals surface area contributed by atoms with E-state index in [-0.39, 0.29) is 11.5 Å². The summed E-state index contributed by atoms with van der Waals surface area (Å²) >= 11 is 6.34. The summed E-state index contributed by atoms with van der Waals surface area (Å²) in [6, 6.07) is 16.2. The zero-order chi connectivity index (χ0) is 26.8. The van der Waals surface area contributed by atoms with Gasteiger partial charge in [-0.15, -0.1) is 12.6 Å². The number of nitrogens with zero attached hydrogens (tertiary/aromatic N) is 4. The molecule has 1 aromatic heterocycles. The fourth-order valence-corrected chi connectivity index (χ4v) is 7.16. The number of hydrogen-bond donors (Lipinski definition) is 2. The van der Waals surface area contributed by atoms with Gasteiger partial charge in [0.05, 0.1) is 23.5 Å². The van der Waals surface area contributed by atoms with E-state index in [9.17, 15) is 9.59 Å². The lowest BCUT2D eigenvalue weighted by atomic mass is 10.0. The van der Waals surface area contributed by atoms with Gasteiger partial charge in [0.1, 0.15) is 0 Å². The normalized spacial score (nSPS) is 16.6. The van der Waals surface area contributed by atoms with Crippen LogP contribution in [-0.4, -0.2) is 58.3 Å². The summed E-state index contributed by atoms with van der Waals surface area (Å²) in [4.78, 5) is 36.9. The van der Waals surface area contributed by atoms with Gasteiger partial charge >= 0.3 is 0 Å². The maximum Gasteiger partial charge on any atom is 0.264 e. The fraction of sp³-hybridized carbons (Fsp3) is 0.433. The highest BCUT2D eigenvalue weighted by Gasteiger charge is 2.29. The van der Waals surface area contributed by atoms with E-state index >= 15 is 0 Å². The topological polar surface area (TPSA) is 70.5 Å². The Kier molecular flexibility index (Phi) is 7.99. The minimum atomic E-state index is -0.0788. The molecule has 0 radical (unpaired) electrons. The molecule has 1 aliphatic carbocycles. The summed E-state index contributed by atoms with van der Waals surface area (Å²) in [5.41, 5.74) is 4.88. The van der Waals surface area contributed by atoms with Gasteiger partial charge in [-0.1, -0.05) is 48.5 Å². The van der Waals surface area contributed by atoms with Crippen molar-refractivity contribution in [3.05, 3.63) is 75.7 Å². The first-order valence-corrected chi connectivity index (χ1v) is 15.3. The molecule has 0 unspecified atom stereocenters. The second kappa shape index (κ2) is 11.8. The standard InChI is InChI=1S/C30H35N5O2S2/c36-28(12-15-31-16-19-33-17-13-21-6-1-2-9-25(21)33)34-18-14-24-23(20-34)29(37)35(26-10-3-4-11-27(26)38)30(32-24)39-22-7-5-8-22/h1-4,6,9-11,22,31,38H,5,7-8,12-20H2. The summed E-state index contributed by atoms with van der Waals surface area (Å²) in [7, 11) is 0. The van der Waals surface area contributed by atoms with Crippen LogP contribution in [0.1, 0.15) is 42.5 Å². The predicted molar refractivity (Wildman–Crippen MR) is 160 cm³/mol. The van der Waals surface area contributed by atoms with E-state index in [1.807, 2.05) is 29.2 Å². The number of amides is 1. The molecule has 39 heavy (non-hydrogen) atoms. The first kappa shape index (κ1) is 26.5. The van der Waals surface area contributed by atoms with Gasteiger partial charge in [0, 0.05) is 61.4 Å². The minimum absolute atomic E-state index is 0.0770. The number of aromatic nitrogens is 2. The molecule has 3 aliphatic rings. The molecule has 1 N–H and O–H groups in total. The van der Waals surface area contributed by atoms with Gasteiger partial charge in [-0.25, -0.2) is 4.98 Å². The van der Waals surface area contributed by atoms with E-state index in [0.29, 0.717) is 43.3 Å². The van der Waals surface area contributed by atoms with Crippen LogP contribution in [0, 0.1) is 0 Å². The Hall–Kier alpha value is -2.75. The number of benzene rings is 2. The molecule has 0 spiro atoms. The molecule has 1 fully saturated rings. The number of anilines is 1. The largest absolute Gasteiger partial charge is 0.370 e. The number of fused-ring (bicyclic) bond motifs is 2. The van der Waals surface area contributed by atoms with Crippen molar-refractivity contribution < 1.29 is 4.79 Å². The quantitative estimate of drug-likeness (QED) is 0.233. The highest BCUT2D eigenvalue weighted by Crippen LogP contribution is 2.37. The van der Waals surface area contributed by atoms with Crippen LogP contribution in [-0.2, 0) is 24.2 Å². The van der Waals surface area contributed by atoms with Gasteiger partial charge in [0.2, 0.25) is 5.91 Å². The lowest BCUT2D eigenvalue weighted by Crippen LogP contribution is -2.42. The number of thioether (sulfide) groups is 1. The zero-order valence-corrected chi connectivity index (χ0v) is 23.9. The van der Waals surface area contributed by atoms with Crippen LogP contribution in [0.25, 0.3) is 5.69 Å². The van der Waals surface area contributed by atoms with E-state index in [4.69, 9.17) is 4.98 Å². The lowest BCUT2D eigenvalue weighted by molar-refractivity contribution is -0.132. The van der Waals surface area contributed by atoms with Crippen molar-refractivity contribution in [3.8, 4) is 5.69 Å². The summed E-state index contributed by atoms with van der Waals surface area (Å²) in [6.45, 7) is 4.36. The van der Waals surface area contributed by atoms with E-state index in [2.05, 4.69) is 47.1 Å². The number of carbonyl (C=O) groups is 1. The Morgan fingerprint density at radius 3 is 2.62 bits per heavy atom. The molecule has 3 heterocycles. The molecule has 2 aliphatic heterocycles. The number of carbonyl (C=O) groups excluding carboxylic acids is 1. The molecule has 6 rings (SSSR count). The third-order valence-corrected chi connectivity index (χ3v) is 9.72. The van der Waals surface area contributed by atoms with Crippen molar-refractivity contribution in [2.75, 3.05) is 37.6 Å². The molecular formula is C30H35N5O2S2. The van der Waals surface area contributed by atoms with Gasteiger partial charge in [0.15, 0.2) is 5.16 Å². The van der Waals surface area contributed by atoms with Crippen LogP contribution >= 0.6 is 24.4 Å². The van der Waals surface area contributed by atoms with E-state index in [0.717, 1.165) is 60.3 Å². The van der Waals surface area contributed by atoms with Gasteiger partial charge in [-0.2, -0.15) is 0 Å². The molecule has 1 saturated carbocycles. The molecule has 0 atom stereocenters. The van der Waals surface area contributed by atoms with Crippen LogP contribution in [0.4, 0.5) is 5.69 Å². The maximum atomic E-state index is 13.9. The molecular weight excluding hydrogens is 526 g/mol. The number of rotatable bonds is 9. The summed E-state index contributed by atoms with van der Waals surface area (Å²) < 4.78 is 1.72. The van der Waals surface area contributed by atoms with Gasteiger partial charge in [0.25, 0.3) is 5.56 Å². The number of nitrogens with one attached hydrogen (secondary N) is 1. The monoisotopic (exact) mass is 561 g/mol. The predicted octanol–water partition coefficient (Wildman–Crippen LogP) is 4.09. The van der Waals surface area contributed by atoms with Crippen molar-refractivity contribution in [1.29, 1.82) is 0 Å². The molecule has 3 aromatic rings. The number of hydrogen-bond acceptors (Lipinski definition) is 7. The highest BCUT2D eigenvalue weighted by atomic mass is 32.2. The number of para-hydroxylation sites is 2. The molecule has 7 nitrogen and oxygen atoms in total. The number of thiol groups is 1. The Morgan fingerprint density at radius 2 is 1.82 bits per heavy atom. The Balaban J connectivity index is 1.10. The van der Waals surface area contributed by atoms with E-state index in [1.165, 1.54) is 17.7 Å². The molecule has 204 valence electrons. The third-order valence-electron chi connectivity index (χ3n) is 8.06. The zero-order valence-electron chi connectivity index (χ0n) is 22.1. The van der Waals surface area contributed by atoms with Crippen LogP contribution < -0.4 is 15.8 Å². The fourth-order valence-electron chi connectivity index (χ4n) is 5.58. The van der Waals surface area contributed by atoms with Crippen LogP contribution in [0.3, 0.4) is 0 Å². The Bertz CT molecular complexity index is 1420. The second-order valence-electron chi connectivity index (χ2n) is 10.6. The van der Waals surface area contributed by atoms with Gasteiger partial charge in [-0.05, 0) is 43.0 Å². The van der Waals surface area contributed by atoms with Crippen molar-refractivity contribution >= 4 is 36.0 Å². The highest BCUT2D eigenvalue weighted by molar-refractivity contribution is 7.99. The smallest absolute Gasteiger partial charge is 0.264 e. The van der Waals surface area contributed by atoms with Crippen molar-refractivity contribution in [3.63, 3.8) is 0 Å². The molecule has 0 saturated heterocycles. The summed E-state index contributed by atoms with van der Waals surface area (Å²) in [5.74, 6) is 0.0770. The lowest BCUT2D eigenvalue weighted by Gasteiger charge is -2.30. The van der Waals surface area contributed by atoms with Crippen molar-refractivity contribution in [2.24, 2.45) is 0 Å². The third kappa shape index (κ3) is 5.62. The molecule has 2 aromatic carbocycles. The van der Waals surface area contributed by atoms with Crippen LogP contribution in [0.15, 0.2) is 63.4 Å². The molecule has 0 bridgehead atoms. The summed E-state index contributed by atoms with van der Waals surface area (Å²) in [5, 5.41) is 4.69. The summed E-state index contributed by atoms with van der Waals surface area (Å²) in [6.07, 6.45) is 5.67. The SMILES string of the molecule is O=C(CCNCCN1CCc2ccccc21)N1CCc2nc(SC3CCC3)n(-c3ccccc3S)c(=O)c2C1. The van der Waals surface area contributed by atoms with Crippen LogP contribution in [0.2, 0.25) is 0 Å². The maximum absolute atomic E-state index is 13.9. The average Bonchev–Trinajstić information content (AvgIpc) is 3.34. The van der Waals surface area contributed by atoms with Crippen molar-refractivity contribution in [1.82, 2.24) is 19.8 Å². The minimum Gasteiger partial charge on any atom is -0.370 e. The molecule has 1 amide bonds. The first-order valence-electron chi connectivity index (χ1n) is 14.0. The average molecular weight is 562 g/mol. The van der Waals surface area contributed by atoms with Crippen LogP contribution in [0.5, 0.6) is 0 Å². The first-order chi connectivity index (χ1) is 19.1. The molecule has 9 heteroatoms. The van der Waals surface area contributed by atoms with E-state index in [1.54, 1.807) is 16.3 Å². The van der Waals surface area contributed by atoms with Gasteiger partial charge in [-0.3, -0.25) is 14.2 Å².